The van der Waals surface area contributed by atoms with Crippen molar-refractivity contribution in [3.63, 3.8) is 0 Å². The van der Waals surface area contributed by atoms with Crippen LogP contribution in [0.2, 0.25) is 0 Å². The SMILES string of the molecule is CCSc1sc(CC)cc1SCc1ccc([N+](=O)[O-])cc1[N+](=O)[O-]. The molecular weight excluding hydrogens is 368 g/mol. The van der Waals surface area contributed by atoms with Crippen LogP contribution in [0.4, 0.5) is 11.4 Å². The smallest absolute Gasteiger partial charge is 0.258 e. The van der Waals surface area contributed by atoms with Gasteiger partial charge in [0.15, 0.2) is 0 Å². The first-order valence-electron chi connectivity index (χ1n) is 7.26. The Morgan fingerprint density at radius 1 is 1.08 bits per heavy atom. The van der Waals surface area contributed by atoms with Gasteiger partial charge in [0.1, 0.15) is 0 Å². The average molecular weight is 385 g/mol. The van der Waals surface area contributed by atoms with Gasteiger partial charge in [-0.25, -0.2) is 0 Å². The number of nitrogens with zero attached hydrogens (tertiary/aromatic N) is 2. The van der Waals surface area contributed by atoms with Gasteiger partial charge in [-0.05, 0) is 24.3 Å². The van der Waals surface area contributed by atoms with Gasteiger partial charge < -0.3 is 0 Å². The van der Waals surface area contributed by atoms with Gasteiger partial charge in [0, 0.05) is 27.2 Å². The summed E-state index contributed by atoms with van der Waals surface area (Å²) in [5.74, 6) is 1.38. The first kappa shape index (κ1) is 18.8. The van der Waals surface area contributed by atoms with Crippen LogP contribution in [0.1, 0.15) is 24.3 Å². The van der Waals surface area contributed by atoms with Crippen molar-refractivity contribution < 1.29 is 9.85 Å². The van der Waals surface area contributed by atoms with Crippen LogP contribution in [0.5, 0.6) is 0 Å². The summed E-state index contributed by atoms with van der Waals surface area (Å²) >= 11 is 5.06. The molecule has 2 rings (SSSR count). The maximum atomic E-state index is 11.2. The summed E-state index contributed by atoms with van der Waals surface area (Å²) in [6.45, 7) is 4.19. The van der Waals surface area contributed by atoms with Gasteiger partial charge in [0.2, 0.25) is 0 Å². The molecule has 1 aromatic heterocycles. The van der Waals surface area contributed by atoms with E-state index in [1.54, 1.807) is 23.1 Å². The molecule has 1 aromatic carbocycles. The van der Waals surface area contributed by atoms with E-state index < -0.39 is 9.85 Å². The standard InChI is InChI=1S/C15H16N2O4S3/c1-3-12-8-14(15(24-12)22-4-2)23-9-10-5-6-11(16(18)19)7-13(10)17(20)21/h5-8H,3-4,9H2,1-2H3. The summed E-state index contributed by atoms with van der Waals surface area (Å²) in [4.78, 5) is 23.2. The van der Waals surface area contributed by atoms with Gasteiger partial charge in [-0.3, -0.25) is 20.2 Å². The van der Waals surface area contributed by atoms with Crippen LogP contribution in [0.25, 0.3) is 0 Å². The second kappa shape index (κ2) is 8.50. The molecule has 2 aromatic rings. The number of non-ortho nitro benzene ring substituents is 1. The molecule has 0 fully saturated rings. The lowest BCUT2D eigenvalue weighted by molar-refractivity contribution is -0.394. The van der Waals surface area contributed by atoms with E-state index in [-0.39, 0.29) is 11.4 Å². The second-order valence-electron chi connectivity index (χ2n) is 4.77. The third-order valence-electron chi connectivity index (χ3n) is 3.20. The topological polar surface area (TPSA) is 86.3 Å². The van der Waals surface area contributed by atoms with Crippen molar-refractivity contribution >= 4 is 46.2 Å². The molecule has 0 amide bonds. The quantitative estimate of drug-likeness (QED) is 0.338. The fourth-order valence-corrected chi connectivity index (χ4v) is 5.74. The monoisotopic (exact) mass is 384 g/mol. The fraction of sp³-hybridized carbons (Fsp3) is 0.333. The van der Waals surface area contributed by atoms with E-state index in [2.05, 4.69) is 19.9 Å². The Balaban J connectivity index is 2.24. The van der Waals surface area contributed by atoms with E-state index in [9.17, 15) is 20.2 Å². The Kier molecular flexibility index (Phi) is 6.64. The third kappa shape index (κ3) is 4.49. The van der Waals surface area contributed by atoms with Crippen LogP contribution in [-0.2, 0) is 12.2 Å². The summed E-state index contributed by atoms with van der Waals surface area (Å²) in [7, 11) is 0. The minimum atomic E-state index is -0.619. The summed E-state index contributed by atoms with van der Waals surface area (Å²) in [6, 6.07) is 5.95. The average Bonchev–Trinajstić information content (AvgIpc) is 2.95. The van der Waals surface area contributed by atoms with Crippen LogP contribution in [0.15, 0.2) is 33.4 Å². The minimum Gasteiger partial charge on any atom is -0.258 e. The van der Waals surface area contributed by atoms with Gasteiger partial charge in [0.25, 0.3) is 11.4 Å². The molecular formula is C15H16N2O4S3. The summed E-state index contributed by atoms with van der Waals surface area (Å²) in [5, 5.41) is 22.0. The predicted molar refractivity (Wildman–Crippen MR) is 99.4 cm³/mol. The molecule has 0 aliphatic carbocycles. The van der Waals surface area contributed by atoms with Crippen LogP contribution in [-0.4, -0.2) is 15.6 Å². The Labute approximate surface area is 152 Å². The summed E-state index contributed by atoms with van der Waals surface area (Å²) < 4.78 is 1.23. The van der Waals surface area contributed by atoms with E-state index in [0.29, 0.717) is 11.3 Å². The van der Waals surface area contributed by atoms with Crippen molar-refractivity contribution in [1.82, 2.24) is 0 Å². The lowest BCUT2D eigenvalue weighted by Crippen LogP contribution is -1.97. The largest absolute Gasteiger partial charge is 0.280 e. The number of rotatable bonds is 8. The highest BCUT2D eigenvalue weighted by Crippen LogP contribution is 2.40. The number of hydrogen-bond acceptors (Lipinski definition) is 7. The Hall–Kier alpha value is -1.58. The molecule has 0 unspecified atom stereocenters. The minimum absolute atomic E-state index is 0.202. The Morgan fingerprint density at radius 3 is 2.42 bits per heavy atom. The number of thiophene rings is 1. The van der Waals surface area contributed by atoms with E-state index in [1.165, 1.54) is 33.0 Å². The molecule has 128 valence electrons. The first-order chi connectivity index (χ1) is 11.5. The number of hydrogen-bond donors (Lipinski definition) is 0. The van der Waals surface area contributed by atoms with Gasteiger partial charge in [0.05, 0.1) is 20.1 Å². The first-order valence-corrected chi connectivity index (χ1v) is 10.0. The molecule has 0 N–H and O–H groups in total. The summed E-state index contributed by atoms with van der Waals surface area (Å²) in [5.41, 5.74) is 0.0288. The van der Waals surface area contributed by atoms with Gasteiger partial charge in [-0.1, -0.05) is 13.8 Å². The highest BCUT2D eigenvalue weighted by Gasteiger charge is 2.20. The maximum absolute atomic E-state index is 11.2. The molecule has 6 nitrogen and oxygen atoms in total. The lowest BCUT2D eigenvalue weighted by atomic mass is 10.2. The van der Waals surface area contributed by atoms with Crippen LogP contribution in [0, 0.1) is 20.2 Å². The Morgan fingerprint density at radius 2 is 1.83 bits per heavy atom. The third-order valence-corrected chi connectivity index (χ3v) is 7.00. The van der Waals surface area contributed by atoms with Crippen LogP contribution in [0.3, 0.4) is 0 Å². The van der Waals surface area contributed by atoms with E-state index >= 15 is 0 Å². The van der Waals surface area contributed by atoms with Crippen LogP contribution < -0.4 is 0 Å². The van der Waals surface area contributed by atoms with Crippen molar-refractivity contribution in [3.8, 4) is 0 Å². The van der Waals surface area contributed by atoms with Gasteiger partial charge in [-0.15, -0.1) is 34.9 Å². The maximum Gasteiger partial charge on any atom is 0.280 e. The Bertz CT molecular complexity index is 761. The molecule has 0 saturated carbocycles. The molecule has 9 heteroatoms. The lowest BCUT2D eigenvalue weighted by Gasteiger charge is -2.04. The van der Waals surface area contributed by atoms with Gasteiger partial charge >= 0.3 is 0 Å². The fourth-order valence-electron chi connectivity index (χ4n) is 2.02. The predicted octanol–water partition coefficient (Wildman–Crippen LogP) is 5.53. The molecule has 0 spiro atoms. The number of nitro benzene ring substituents is 2. The number of benzene rings is 1. The number of aryl methyl sites for hydroxylation is 1. The molecule has 1 heterocycles. The highest BCUT2D eigenvalue weighted by molar-refractivity contribution is 8.03. The van der Waals surface area contributed by atoms with E-state index in [4.69, 9.17) is 0 Å². The normalized spacial score (nSPS) is 10.8. The number of thioether (sulfide) groups is 2. The van der Waals surface area contributed by atoms with Crippen molar-refractivity contribution in [2.75, 3.05) is 5.75 Å². The molecule has 0 atom stereocenters. The molecule has 0 aliphatic rings. The molecule has 0 radical (unpaired) electrons. The van der Waals surface area contributed by atoms with Crippen molar-refractivity contribution in [1.29, 1.82) is 0 Å². The van der Waals surface area contributed by atoms with E-state index in [1.807, 2.05) is 0 Å². The van der Waals surface area contributed by atoms with Gasteiger partial charge in [-0.2, -0.15) is 0 Å². The van der Waals surface area contributed by atoms with Crippen molar-refractivity contribution in [3.05, 3.63) is 54.9 Å². The molecule has 0 bridgehead atoms. The highest BCUT2D eigenvalue weighted by atomic mass is 32.2. The van der Waals surface area contributed by atoms with Crippen molar-refractivity contribution in [2.45, 2.75) is 35.1 Å². The molecule has 0 saturated heterocycles. The zero-order valence-electron chi connectivity index (χ0n) is 13.2. The van der Waals surface area contributed by atoms with E-state index in [0.717, 1.165) is 23.1 Å². The molecule has 0 aliphatic heterocycles. The number of nitro groups is 2. The zero-order chi connectivity index (χ0) is 17.7. The zero-order valence-corrected chi connectivity index (χ0v) is 15.6. The van der Waals surface area contributed by atoms with Crippen LogP contribution >= 0.6 is 34.9 Å². The van der Waals surface area contributed by atoms with Crippen molar-refractivity contribution in [2.24, 2.45) is 0 Å². The second-order valence-corrected chi connectivity index (χ2v) is 8.45. The molecule has 24 heavy (non-hydrogen) atoms. The summed E-state index contributed by atoms with van der Waals surface area (Å²) in [6.07, 6.45) is 0.959.